The van der Waals surface area contributed by atoms with Gasteiger partial charge in [0, 0.05) is 6.42 Å². The fourth-order valence-electron chi connectivity index (χ4n) is 2.79. The van der Waals surface area contributed by atoms with Gasteiger partial charge in [-0.3, -0.25) is 14.4 Å². The number of rotatable bonds is 12. The number of aliphatic carboxylic acids is 1. The maximum atomic E-state index is 12.8. The van der Waals surface area contributed by atoms with Crippen molar-refractivity contribution >= 4 is 23.7 Å². The van der Waals surface area contributed by atoms with E-state index in [4.69, 9.17) is 10.8 Å². The molecule has 31 heavy (non-hydrogen) atoms. The van der Waals surface area contributed by atoms with E-state index in [1.807, 2.05) is 13.8 Å². The van der Waals surface area contributed by atoms with E-state index in [9.17, 15) is 24.3 Å². The summed E-state index contributed by atoms with van der Waals surface area (Å²) in [6.07, 6.45) is 0.363. The van der Waals surface area contributed by atoms with E-state index in [1.54, 1.807) is 30.3 Å². The fourth-order valence-corrected chi connectivity index (χ4v) is 2.79. The molecule has 10 heteroatoms. The third-order valence-electron chi connectivity index (χ3n) is 4.52. The highest BCUT2D eigenvalue weighted by molar-refractivity contribution is 5.93. The smallest absolute Gasteiger partial charge is 0.326 e. The van der Waals surface area contributed by atoms with Crippen LogP contribution in [0.2, 0.25) is 0 Å². The molecule has 0 radical (unpaired) electrons. The molecule has 7 N–H and O–H groups in total. The lowest BCUT2D eigenvalue weighted by Crippen LogP contribution is -2.57. The van der Waals surface area contributed by atoms with Crippen molar-refractivity contribution in [2.75, 3.05) is 6.61 Å². The van der Waals surface area contributed by atoms with E-state index in [0.717, 1.165) is 5.56 Å². The number of benzene rings is 1. The van der Waals surface area contributed by atoms with Gasteiger partial charge in [0.2, 0.25) is 17.7 Å². The molecule has 0 fully saturated rings. The van der Waals surface area contributed by atoms with Crippen molar-refractivity contribution in [3.8, 4) is 0 Å². The highest BCUT2D eigenvalue weighted by Crippen LogP contribution is 2.08. The number of aliphatic hydroxyl groups is 1. The van der Waals surface area contributed by atoms with Crippen LogP contribution >= 0.6 is 0 Å². The van der Waals surface area contributed by atoms with E-state index in [1.165, 1.54) is 6.92 Å². The third kappa shape index (κ3) is 9.14. The van der Waals surface area contributed by atoms with E-state index < -0.39 is 54.5 Å². The molecule has 10 nitrogen and oxygen atoms in total. The summed E-state index contributed by atoms with van der Waals surface area (Å²) >= 11 is 0. The van der Waals surface area contributed by atoms with Gasteiger partial charge in [0.15, 0.2) is 0 Å². The summed E-state index contributed by atoms with van der Waals surface area (Å²) in [5.41, 5.74) is 6.16. The number of nitrogens with two attached hydrogens (primary N) is 1. The molecule has 0 bridgehead atoms. The molecule has 3 amide bonds. The Kier molecular flexibility index (Phi) is 10.6. The molecule has 0 aliphatic carbocycles. The molecule has 4 atom stereocenters. The molecule has 0 spiro atoms. The van der Waals surface area contributed by atoms with Gasteiger partial charge in [-0.25, -0.2) is 4.79 Å². The summed E-state index contributed by atoms with van der Waals surface area (Å²) < 4.78 is 0. The van der Waals surface area contributed by atoms with Crippen LogP contribution in [0.3, 0.4) is 0 Å². The SMILES string of the molecule is CC(C)C[C@H](NC(=O)[C@H](C)NC(=O)[C@@H](N)CO)C(=O)N[C@@H](Cc1ccccc1)C(=O)O. The summed E-state index contributed by atoms with van der Waals surface area (Å²) in [4.78, 5) is 48.7. The summed E-state index contributed by atoms with van der Waals surface area (Å²) in [7, 11) is 0. The summed E-state index contributed by atoms with van der Waals surface area (Å²) in [5.74, 6) is -3.12. The number of carbonyl (C=O) groups excluding carboxylic acids is 3. The zero-order valence-electron chi connectivity index (χ0n) is 18.0. The second-order valence-corrected chi connectivity index (χ2v) is 7.80. The van der Waals surface area contributed by atoms with Gasteiger partial charge in [-0.05, 0) is 24.8 Å². The van der Waals surface area contributed by atoms with E-state index >= 15 is 0 Å². The molecule has 0 saturated carbocycles. The minimum Gasteiger partial charge on any atom is -0.480 e. The first kappa shape index (κ1) is 26.1. The van der Waals surface area contributed by atoms with Gasteiger partial charge in [-0.1, -0.05) is 44.2 Å². The molecule has 172 valence electrons. The molecular formula is C21H32N4O6. The lowest BCUT2D eigenvalue weighted by molar-refractivity contribution is -0.142. The summed E-state index contributed by atoms with van der Waals surface area (Å²) in [6, 6.07) is 4.54. The van der Waals surface area contributed by atoms with Crippen LogP contribution in [0.25, 0.3) is 0 Å². The lowest BCUT2D eigenvalue weighted by atomic mass is 10.0. The average molecular weight is 437 g/mol. The Morgan fingerprint density at radius 3 is 2.00 bits per heavy atom. The van der Waals surface area contributed by atoms with Crippen molar-refractivity contribution in [2.45, 2.75) is 57.8 Å². The van der Waals surface area contributed by atoms with Crippen molar-refractivity contribution < 1.29 is 29.4 Å². The fraction of sp³-hybridized carbons (Fsp3) is 0.524. The van der Waals surface area contributed by atoms with Crippen molar-refractivity contribution in [1.29, 1.82) is 0 Å². The van der Waals surface area contributed by atoms with Crippen LogP contribution in [0, 0.1) is 5.92 Å². The molecule has 1 aromatic carbocycles. The van der Waals surface area contributed by atoms with Gasteiger partial charge >= 0.3 is 5.97 Å². The number of amides is 3. The maximum absolute atomic E-state index is 12.8. The van der Waals surface area contributed by atoms with Gasteiger partial charge in [0.25, 0.3) is 0 Å². The number of carboxylic acid groups (broad SMARTS) is 1. The summed E-state index contributed by atoms with van der Waals surface area (Å²) in [6.45, 7) is 4.56. The molecule has 0 aliphatic rings. The Morgan fingerprint density at radius 1 is 0.903 bits per heavy atom. The van der Waals surface area contributed by atoms with E-state index in [-0.39, 0.29) is 18.8 Å². The van der Waals surface area contributed by atoms with Crippen LogP contribution in [-0.4, -0.2) is 64.7 Å². The predicted octanol–water partition coefficient (Wildman–Crippen LogP) is -0.846. The Bertz CT molecular complexity index is 755. The van der Waals surface area contributed by atoms with Crippen molar-refractivity contribution in [2.24, 2.45) is 11.7 Å². The van der Waals surface area contributed by atoms with Crippen LogP contribution in [0.5, 0.6) is 0 Å². The number of hydrogen-bond donors (Lipinski definition) is 6. The highest BCUT2D eigenvalue weighted by atomic mass is 16.4. The van der Waals surface area contributed by atoms with Gasteiger partial charge in [-0.2, -0.15) is 0 Å². The van der Waals surface area contributed by atoms with Gasteiger partial charge in [0.1, 0.15) is 24.2 Å². The van der Waals surface area contributed by atoms with Gasteiger partial charge < -0.3 is 31.9 Å². The monoisotopic (exact) mass is 436 g/mol. The molecule has 0 unspecified atom stereocenters. The minimum atomic E-state index is -1.19. The average Bonchev–Trinajstić information content (AvgIpc) is 2.72. The normalized spacial score (nSPS) is 14.8. The Hall–Kier alpha value is -2.98. The van der Waals surface area contributed by atoms with Crippen LogP contribution in [0.1, 0.15) is 32.8 Å². The molecule has 0 saturated heterocycles. The van der Waals surface area contributed by atoms with Crippen molar-refractivity contribution in [1.82, 2.24) is 16.0 Å². The Labute approximate surface area is 181 Å². The predicted molar refractivity (Wildman–Crippen MR) is 114 cm³/mol. The van der Waals surface area contributed by atoms with Crippen molar-refractivity contribution in [3.05, 3.63) is 35.9 Å². The van der Waals surface area contributed by atoms with Crippen LogP contribution in [-0.2, 0) is 25.6 Å². The number of nitrogens with one attached hydrogen (secondary N) is 3. The van der Waals surface area contributed by atoms with E-state index in [2.05, 4.69) is 16.0 Å². The minimum absolute atomic E-state index is 0.0289. The third-order valence-corrected chi connectivity index (χ3v) is 4.52. The molecular weight excluding hydrogens is 404 g/mol. The highest BCUT2D eigenvalue weighted by Gasteiger charge is 2.29. The quantitative estimate of drug-likeness (QED) is 0.248. The second kappa shape index (κ2) is 12.7. The van der Waals surface area contributed by atoms with Crippen LogP contribution in [0.4, 0.5) is 0 Å². The zero-order valence-corrected chi connectivity index (χ0v) is 18.0. The first-order chi connectivity index (χ1) is 14.5. The largest absolute Gasteiger partial charge is 0.480 e. The van der Waals surface area contributed by atoms with E-state index in [0.29, 0.717) is 0 Å². The molecule has 0 aliphatic heterocycles. The Balaban J connectivity index is 2.84. The second-order valence-electron chi connectivity index (χ2n) is 7.80. The molecule has 1 rings (SSSR count). The molecule has 0 heterocycles. The first-order valence-corrected chi connectivity index (χ1v) is 10.1. The van der Waals surface area contributed by atoms with Crippen LogP contribution < -0.4 is 21.7 Å². The van der Waals surface area contributed by atoms with Gasteiger partial charge in [0.05, 0.1) is 6.61 Å². The number of carbonyl (C=O) groups is 4. The van der Waals surface area contributed by atoms with Gasteiger partial charge in [-0.15, -0.1) is 0 Å². The topological polar surface area (TPSA) is 171 Å². The first-order valence-electron chi connectivity index (χ1n) is 10.1. The molecule has 1 aromatic rings. The number of carboxylic acids is 1. The zero-order chi connectivity index (χ0) is 23.6. The van der Waals surface area contributed by atoms with Crippen molar-refractivity contribution in [3.63, 3.8) is 0 Å². The number of hydrogen-bond acceptors (Lipinski definition) is 6. The number of aliphatic hydroxyl groups excluding tert-OH is 1. The summed E-state index contributed by atoms with van der Waals surface area (Å²) in [5, 5.41) is 25.8. The maximum Gasteiger partial charge on any atom is 0.326 e. The lowest BCUT2D eigenvalue weighted by Gasteiger charge is -2.24. The van der Waals surface area contributed by atoms with Crippen LogP contribution in [0.15, 0.2) is 30.3 Å². The standard InChI is InChI=1S/C21H32N4O6/c1-12(2)9-16(24-18(27)13(3)23-19(28)15(22)11-26)20(29)25-17(21(30)31)10-14-7-5-4-6-8-14/h4-8,12-13,15-17,26H,9-11,22H2,1-3H3,(H,23,28)(H,24,27)(H,25,29)(H,30,31)/t13-,15-,16-,17-/m0/s1. The molecule has 0 aromatic heterocycles. The Morgan fingerprint density at radius 2 is 1.48 bits per heavy atom.